The number of rotatable bonds is 5. The highest BCUT2D eigenvalue weighted by Crippen LogP contribution is 2.19. The van der Waals surface area contributed by atoms with E-state index in [9.17, 15) is 0 Å². The van der Waals surface area contributed by atoms with Gasteiger partial charge in [-0.2, -0.15) is 0 Å². The lowest BCUT2D eigenvalue weighted by Gasteiger charge is -2.03. The van der Waals surface area contributed by atoms with Gasteiger partial charge in [-0.05, 0) is 6.92 Å². The normalized spacial score (nSPS) is 11.0. The maximum absolute atomic E-state index is 5.54. The molecule has 17 heavy (non-hydrogen) atoms. The summed E-state index contributed by atoms with van der Waals surface area (Å²) in [5.74, 6) is 2.45. The minimum Gasteiger partial charge on any atom is -0.324 e. The monoisotopic (exact) mass is 253 g/mol. The Morgan fingerprint density at radius 3 is 2.76 bits per heavy atom. The molecule has 7 nitrogen and oxygen atoms in total. The van der Waals surface area contributed by atoms with Crippen molar-refractivity contribution >= 4 is 11.8 Å². The topological polar surface area (TPSA) is 87.4 Å². The lowest BCUT2D eigenvalue weighted by molar-refractivity contribution is 0.719. The summed E-state index contributed by atoms with van der Waals surface area (Å²) >= 11 is 1.58. The largest absolute Gasteiger partial charge is 0.324 e. The van der Waals surface area contributed by atoms with E-state index in [0.717, 1.165) is 29.1 Å². The second-order valence-electron chi connectivity index (χ2n) is 3.48. The van der Waals surface area contributed by atoms with Crippen molar-refractivity contribution in [3.05, 3.63) is 18.0 Å². The molecule has 8 heteroatoms. The maximum atomic E-state index is 5.54. The first kappa shape index (κ1) is 12.1. The van der Waals surface area contributed by atoms with Gasteiger partial charge in [-0.25, -0.2) is 0 Å². The fourth-order valence-corrected chi connectivity index (χ4v) is 2.31. The predicted molar refractivity (Wildman–Crippen MR) is 64.2 cm³/mol. The Bertz CT molecular complexity index is 489. The van der Waals surface area contributed by atoms with Crippen molar-refractivity contribution in [2.45, 2.75) is 30.9 Å². The van der Waals surface area contributed by atoms with Crippen LogP contribution < -0.4 is 5.73 Å². The third kappa shape index (κ3) is 2.47. The molecule has 0 aliphatic heterocycles. The van der Waals surface area contributed by atoms with Crippen LogP contribution in [0.5, 0.6) is 0 Å². The Kier molecular flexibility index (Phi) is 3.75. The van der Waals surface area contributed by atoms with E-state index in [1.54, 1.807) is 18.1 Å². The molecule has 0 spiro atoms. The van der Waals surface area contributed by atoms with Gasteiger partial charge in [-0.1, -0.05) is 11.8 Å². The van der Waals surface area contributed by atoms with Crippen molar-refractivity contribution in [2.24, 2.45) is 12.8 Å². The molecule has 0 radical (unpaired) electrons. The summed E-state index contributed by atoms with van der Waals surface area (Å²) in [4.78, 5) is 0. The van der Waals surface area contributed by atoms with Crippen molar-refractivity contribution in [3.8, 4) is 0 Å². The van der Waals surface area contributed by atoms with Crippen LogP contribution in [-0.4, -0.2) is 29.5 Å². The molecule has 0 atom stereocenters. The second-order valence-corrected chi connectivity index (χ2v) is 4.43. The number of aromatic nitrogens is 6. The third-order valence-corrected chi connectivity index (χ3v) is 3.49. The molecule has 0 amide bonds. The fraction of sp³-hybridized carbons (Fsp3) is 0.556. The van der Waals surface area contributed by atoms with Gasteiger partial charge in [0, 0.05) is 13.6 Å². The van der Waals surface area contributed by atoms with E-state index in [2.05, 4.69) is 27.3 Å². The standard InChI is InChI=1S/C9H15N7S/c1-3-16-6-11-12-8(16)5-17-9-14-13-7(4-10)15(9)2/h6H,3-5,10H2,1-2H3. The molecule has 2 rings (SSSR count). The number of aryl methyl sites for hydroxylation is 1. The maximum Gasteiger partial charge on any atom is 0.191 e. The number of nitrogens with two attached hydrogens (primary N) is 1. The first-order valence-electron chi connectivity index (χ1n) is 5.34. The molecule has 0 aliphatic carbocycles. The highest BCUT2D eigenvalue weighted by Gasteiger charge is 2.10. The summed E-state index contributed by atoms with van der Waals surface area (Å²) in [5, 5.41) is 16.9. The molecule has 0 saturated carbocycles. The average Bonchev–Trinajstić information content (AvgIpc) is 2.93. The van der Waals surface area contributed by atoms with E-state index >= 15 is 0 Å². The van der Waals surface area contributed by atoms with Crippen LogP contribution in [0.1, 0.15) is 18.6 Å². The van der Waals surface area contributed by atoms with Gasteiger partial charge in [0.1, 0.15) is 18.0 Å². The van der Waals surface area contributed by atoms with Crippen molar-refractivity contribution in [1.82, 2.24) is 29.5 Å². The summed E-state index contributed by atoms with van der Waals surface area (Å²) in [6.45, 7) is 3.33. The number of nitrogens with zero attached hydrogens (tertiary/aromatic N) is 6. The Hall–Kier alpha value is -1.41. The molecule has 0 unspecified atom stereocenters. The molecule has 0 bridgehead atoms. The molecule has 2 heterocycles. The summed E-state index contributed by atoms with van der Waals surface area (Å²) in [5.41, 5.74) is 5.54. The van der Waals surface area contributed by atoms with Crippen LogP contribution in [0, 0.1) is 0 Å². The zero-order chi connectivity index (χ0) is 12.3. The number of hydrogen-bond acceptors (Lipinski definition) is 6. The van der Waals surface area contributed by atoms with Crippen LogP contribution in [0.3, 0.4) is 0 Å². The summed E-state index contributed by atoms with van der Waals surface area (Å²) in [6.07, 6.45) is 1.73. The smallest absolute Gasteiger partial charge is 0.191 e. The zero-order valence-corrected chi connectivity index (χ0v) is 10.7. The van der Waals surface area contributed by atoms with Gasteiger partial charge in [0.2, 0.25) is 0 Å². The molecule has 0 aromatic carbocycles. The van der Waals surface area contributed by atoms with Crippen molar-refractivity contribution in [1.29, 1.82) is 0 Å². The van der Waals surface area contributed by atoms with Gasteiger partial charge in [-0.15, -0.1) is 20.4 Å². The second kappa shape index (κ2) is 5.28. The van der Waals surface area contributed by atoms with Gasteiger partial charge in [0.25, 0.3) is 0 Å². The average molecular weight is 253 g/mol. The van der Waals surface area contributed by atoms with Crippen molar-refractivity contribution in [2.75, 3.05) is 0 Å². The van der Waals surface area contributed by atoms with Gasteiger partial charge < -0.3 is 14.9 Å². The van der Waals surface area contributed by atoms with E-state index in [-0.39, 0.29) is 0 Å². The van der Waals surface area contributed by atoms with Gasteiger partial charge >= 0.3 is 0 Å². The highest BCUT2D eigenvalue weighted by molar-refractivity contribution is 7.98. The molecular formula is C9H15N7S. The Morgan fingerprint density at radius 1 is 1.29 bits per heavy atom. The molecule has 0 fully saturated rings. The van der Waals surface area contributed by atoms with Crippen LogP contribution in [0.15, 0.2) is 11.5 Å². The highest BCUT2D eigenvalue weighted by atomic mass is 32.2. The lowest BCUT2D eigenvalue weighted by Crippen LogP contribution is -2.05. The summed E-state index contributed by atoms with van der Waals surface area (Å²) in [6, 6.07) is 0. The first-order valence-corrected chi connectivity index (χ1v) is 6.32. The molecule has 2 N–H and O–H groups in total. The van der Waals surface area contributed by atoms with E-state index < -0.39 is 0 Å². The predicted octanol–water partition coefficient (Wildman–Crippen LogP) is 0.177. The summed E-state index contributed by atoms with van der Waals surface area (Å²) < 4.78 is 3.91. The van der Waals surface area contributed by atoms with E-state index in [0.29, 0.717) is 6.54 Å². The third-order valence-electron chi connectivity index (χ3n) is 2.47. The van der Waals surface area contributed by atoms with Crippen molar-refractivity contribution in [3.63, 3.8) is 0 Å². The van der Waals surface area contributed by atoms with Crippen LogP contribution in [-0.2, 0) is 25.9 Å². The van der Waals surface area contributed by atoms with Crippen LogP contribution in [0.25, 0.3) is 0 Å². The Morgan fingerprint density at radius 2 is 2.12 bits per heavy atom. The molecule has 2 aromatic heterocycles. The van der Waals surface area contributed by atoms with E-state index in [1.807, 2.05) is 16.2 Å². The zero-order valence-electron chi connectivity index (χ0n) is 9.87. The number of thioether (sulfide) groups is 1. The lowest BCUT2D eigenvalue weighted by atomic mass is 10.6. The number of hydrogen-bond donors (Lipinski definition) is 1. The fourth-order valence-electron chi connectivity index (χ4n) is 1.43. The molecule has 92 valence electrons. The van der Waals surface area contributed by atoms with Crippen molar-refractivity contribution < 1.29 is 0 Å². The summed E-state index contributed by atoms with van der Waals surface area (Å²) in [7, 11) is 1.91. The first-order chi connectivity index (χ1) is 8.26. The van der Waals surface area contributed by atoms with Gasteiger partial charge in [-0.3, -0.25) is 0 Å². The van der Waals surface area contributed by atoms with Gasteiger partial charge in [0.15, 0.2) is 5.16 Å². The van der Waals surface area contributed by atoms with Crippen LogP contribution >= 0.6 is 11.8 Å². The molecule has 0 aliphatic rings. The van der Waals surface area contributed by atoms with Crippen LogP contribution in [0.2, 0.25) is 0 Å². The molecule has 2 aromatic rings. The molecule has 0 saturated heterocycles. The Balaban J connectivity index is 2.05. The van der Waals surface area contributed by atoms with Crippen LogP contribution in [0.4, 0.5) is 0 Å². The van der Waals surface area contributed by atoms with Gasteiger partial charge in [0.05, 0.1) is 12.3 Å². The molecular weight excluding hydrogens is 238 g/mol. The van der Waals surface area contributed by atoms with E-state index in [4.69, 9.17) is 5.73 Å². The SMILES string of the molecule is CCn1cnnc1CSc1nnc(CN)n1C. The minimum atomic E-state index is 0.398. The van der Waals surface area contributed by atoms with E-state index in [1.165, 1.54) is 0 Å². The Labute approximate surface area is 103 Å². The minimum absolute atomic E-state index is 0.398. The quantitative estimate of drug-likeness (QED) is 0.765.